The maximum absolute atomic E-state index is 13.3. The number of nitrogens with one attached hydrogen (secondary N) is 2. The molecule has 0 bridgehead atoms. The summed E-state index contributed by atoms with van der Waals surface area (Å²) >= 11 is 0. The van der Waals surface area contributed by atoms with Crippen LogP contribution in [0.3, 0.4) is 0 Å². The number of hydrogen-bond acceptors (Lipinski definition) is 16. The van der Waals surface area contributed by atoms with Crippen LogP contribution in [0.1, 0.15) is 57.8 Å². The summed E-state index contributed by atoms with van der Waals surface area (Å²) < 4.78 is 0. The van der Waals surface area contributed by atoms with E-state index in [1.807, 2.05) is 0 Å². The Morgan fingerprint density at radius 3 is 1.33 bits per heavy atom. The van der Waals surface area contributed by atoms with E-state index in [2.05, 4.69) is 10.6 Å². The highest BCUT2D eigenvalue weighted by molar-refractivity contribution is 5.88. The molecule has 0 spiro atoms. The van der Waals surface area contributed by atoms with E-state index in [-0.39, 0.29) is 26.2 Å². The Morgan fingerprint density at radius 1 is 0.534 bits per heavy atom. The highest BCUT2D eigenvalue weighted by atomic mass is 16.4. The van der Waals surface area contributed by atoms with Gasteiger partial charge in [-0.2, -0.15) is 0 Å². The predicted molar refractivity (Wildman–Crippen MR) is 191 cm³/mol. The Kier molecular flexibility index (Phi) is 22.0. The van der Waals surface area contributed by atoms with E-state index < -0.39 is 172 Å². The first-order valence-corrected chi connectivity index (χ1v) is 17.4. The summed E-state index contributed by atoms with van der Waals surface area (Å²) in [7, 11) is 0. The highest BCUT2D eigenvalue weighted by Crippen LogP contribution is 2.51. The molecule has 0 radical (unpaired) electrons. The van der Waals surface area contributed by atoms with Gasteiger partial charge in [0.05, 0.1) is 44.4 Å². The number of rotatable bonds is 35. The molecule has 26 nitrogen and oxygen atoms in total. The summed E-state index contributed by atoms with van der Waals surface area (Å²) in [5.74, 6) is -19.5. The predicted octanol–water partition coefficient (Wildman–Crippen LogP) is -3.75. The number of nitrogens with zero attached hydrogens (tertiary/aromatic N) is 2. The summed E-state index contributed by atoms with van der Waals surface area (Å²) in [6.45, 7) is -5.32. The Morgan fingerprint density at radius 2 is 0.983 bits per heavy atom. The molecule has 0 aliphatic carbocycles. The number of nitrogens with two attached hydrogens (primary N) is 2. The molecule has 0 aromatic heterocycles. The highest BCUT2D eigenvalue weighted by Gasteiger charge is 2.65. The lowest BCUT2D eigenvalue weighted by Crippen LogP contribution is -2.81. The third kappa shape index (κ3) is 15.1. The molecule has 0 amide bonds. The van der Waals surface area contributed by atoms with Crippen molar-refractivity contribution in [2.24, 2.45) is 16.9 Å². The van der Waals surface area contributed by atoms with Crippen LogP contribution in [0.4, 0.5) is 0 Å². The number of carboxylic acid groups (broad SMARTS) is 10. The number of hydrogen-bond donors (Lipinski definition) is 14. The molecule has 0 fully saturated rings. The molecule has 0 rings (SSSR count). The second-order valence-electron chi connectivity index (χ2n) is 13.3. The summed E-state index contributed by atoms with van der Waals surface area (Å²) in [6.07, 6.45) is -12.2. The van der Waals surface area contributed by atoms with Crippen LogP contribution < -0.4 is 22.1 Å². The van der Waals surface area contributed by atoms with Crippen LogP contribution >= 0.6 is 0 Å². The van der Waals surface area contributed by atoms with Gasteiger partial charge in [-0.05, 0) is 19.3 Å². The number of carboxylic acids is 10. The first kappa shape index (κ1) is 52.5. The summed E-state index contributed by atoms with van der Waals surface area (Å²) in [5, 5.41) is 108. The van der Waals surface area contributed by atoms with Crippen molar-refractivity contribution < 1.29 is 99.0 Å². The van der Waals surface area contributed by atoms with Gasteiger partial charge in [0, 0.05) is 69.6 Å². The Hall–Kier alpha value is -5.54. The van der Waals surface area contributed by atoms with Crippen molar-refractivity contribution in [1.82, 2.24) is 20.4 Å². The lowest BCUT2D eigenvalue weighted by molar-refractivity contribution is -0.189. The summed E-state index contributed by atoms with van der Waals surface area (Å²) in [4.78, 5) is 127. The van der Waals surface area contributed by atoms with E-state index in [4.69, 9.17) is 11.5 Å². The number of carbonyl (C=O) groups is 10. The van der Waals surface area contributed by atoms with Gasteiger partial charge in [0.25, 0.3) is 0 Å². The zero-order chi connectivity index (χ0) is 45.0. The van der Waals surface area contributed by atoms with Crippen LogP contribution in [-0.4, -0.2) is 196 Å². The first-order chi connectivity index (χ1) is 26.9. The fourth-order valence-electron chi connectivity index (χ4n) is 7.70. The SMILES string of the molecule is NCCNCCNC(CN)C(CCC(=O)O)(N(CC(=O)O)CC(=O)O)C(CCC(=O)O)(CCC(=O)O)N(CC(=O)O)C(CC(=O)O)C(CC(=O)O)(CC(=O)O)C(=O)O. The smallest absolute Gasteiger partial charge is 0.317 e. The minimum Gasteiger partial charge on any atom is -0.481 e. The Balaban J connectivity index is 9.74. The third-order valence-electron chi connectivity index (χ3n) is 9.67. The lowest BCUT2D eigenvalue weighted by Gasteiger charge is -2.65. The third-order valence-corrected chi connectivity index (χ3v) is 9.67. The van der Waals surface area contributed by atoms with Gasteiger partial charge in [0.2, 0.25) is 0 Å². The Bertz CT molecular complexity index is 1460. The molecular formula is C32H52N6O20. The maximum Gasteiger partial charge on any atom is 0.317 e. The molecule has 0 aliphatic rings. The van der Waals surface area contributed by atoms with Crippen molar-refractivity contribution >= 4 is 59.7 Å². The zero-order valence-corrected chi connectivity index (χ0v) is 31.3. The molecule has 26 heteroatoms. The molecule has 0 aromatic carbocycles. The molecule has 0 saturated heterocycles. The monoisotopic (exact) mass is 840 g/mol. The van der Waals surface area contributed by atoms with Crippen LogP contribution in [0.25, 0.3) is 0 Å². The van der Waals surface area contributed by atoms with Crippen molar-refractivity contribution in [2.45, 2.75) is 80.9 Å². The van der Waals surface area contributed by atoms with E-state index in [0.29, 0.717) is 9.80 Å². The first-order valence-electron chi connectivity index (χ1n) is 17.4. The molecule has 330 valence electrons. The van der Waals surface area contributed by atoms with Crippen molar-refractivity contribution in [1.29, 1.82) is 0 Å². The minimum atomic E-state index is -3.40. The van der Waals surface area contributed by atoms with Crippen LogP contribution in [0, 0.1) is 5.41 Å². The molecule has 0 saturated carbocycles. The maximum atomic E-state index is 13.3. The fraction of sp³-hybridized carbons (Fsp3) is 0.688. The minimum absolute atomic E-state index is 0.0162. The largest absolute Gasteiger partial charge is 0.481 e. The quantitative estimate of drug-likeness (QED) is 0.0273. The topological polar surface area (TPSA) is 456 Å². The average molecular weight is 841 g/mol. The Labute approximate surface area is 329 Å². The van der Waals surface area contributed by atoms with Gasteiger partial charge in [-0.15, -0.1) is 0 Å². The molecule has 3 atom stereocenters. The molecule has 58 heavy (non-hydrogen) atoms. The second-order valence-corrected chi connectivity index (χ2v) is 13.3. The van der Waals surface area contributed by atoms with Crippen LogP contribution in [-0.2, 0) is 47.9 Å². The van der Waals surface area contributed by atoms with Gasteiger partial charge in [-0.1, -0.05) is 0 Å². The summed E-state index contributed by atoms with van der Waals surface area (Å²) in [6, 6.07) is -4.49. The van der Waals surface area contributed by atoms with Gasteiger partial charge in [-0.3, -0.25) is 57.7 Å². The van der Waals surface area contributed by atoms with Gasteiger partial charge >= 0.3 is 59.7 Å². The van der Waals surface area contributed by atoms with Gasteiger partial charge in [-0.25, -0.2) is 0 Å². The van der Waals surface area contributed by atoms with E-state index in [1.165, 1.54) is 0 Å². The molecule has 16 N–H and O–H groups in total. The normalized spacial score (nSPS) is 13.9. The number of aliphatic carboxylic acids is 10. The second kappa shape index (κ2) is 24.3. The zero-order valence-electron chi connectivity index (χ0n) is 31.3. The van der Waals surface area contributed by atoms with Gasteiger partial charge in [0.15, 0.2) is 0 Å². The van der Waals surface area contributed by atoms with Crippen molar-refractivity contribution in [3.05, 3.63) is 0 Å². The molecule has 0 aromatic rings. The van der Waals surface area contributed by atoms with E-state index >= 15 is 0 Å². The standard InChI is InChI=1S/C32H52N6O20/c33-7-8-35-9-10-36-18(14-34)32(6-3-22(43)44,37(15-26(51)52)16-27(53)54)31(4-1-20(39)40,5-2-21(41)42)38(17-28(55)56)19(11-23(45)46)30(29(57)58,12-24(47)48)13-25(49)50/h18-19,35-36H,1-17,33-34H2,(H,39,40)(H,41,42)(H,43,44)(H,45,46)(H,47,48)(H,49,50)(H,51,52)(H,53,54)(H,55,56)(H,57,58). The van der Waals surface area contributed by atoms with Crippen LogP contribution in [0.5, 0.6) is 0 Å². The van der Waals surface area contributed by atoms with E-state index in [9.17, 15) is 99.0 Å². The van der Waals surface area contributed by atoms with Crippen LogP contribution in [0.2, 0.25) is 0 Å². The fourth-order valence-corrected chi connectivity index (χ4v) is 7.70. The lowest BCUT2D eigenvalue weighted by atomic mass is 9.60. The average Bonchev–Trinajstić information content (AvgIpc) is 3.07. The van der Waals surface area contributed by atoms with E-state index in [1.54, 1.807) is 0 Å². The van der Waals surface area contributed by atoms with Gasteiger partial charge < -0.3 is 73.2 Å². The van der Waals surface area contributed by atoms with Crippen LogP contribution in [0.15, 0.2) is 0 Å². The van der Waals surface area contributed by atoms with Crippen molar-refractivity contribution in [3.63, 3.8) is 0 Å². The summed E-state index contributed by atoms with van der Waals surface area (Å²) in [5.41, 5.74) is 2.57. The van der Waals surface area contributed by atoms with Gasteiger partial charge in [0.1, 0.15) is 5.41 Å². The molecule has 0 heterocycles. The van der Waals surface area contributed by atoms with E-state index in [0.717, 1.165) is 0 Å². The van der Waals surface area contributed by atoms with Crippen molar-refractivity contribution in [2.75, 3.05) is 52.4 Å². The van der Waals surface area contributed by atoms with Crippen molar-refractivity contribution in [3.8, 4) is 0 Å². The molecule has 3 unspecified atom stereocenters. The molecular weight excluding hydrogens is 788 g/mol. The molecule has 0 aliphatic heterocycles.